The molecule has 130 valence electrons. The van der Waals surface area contributed by atoms with Crippen LogP contribution < -0.4 is 10.6 Å². The summed E-state index contributed by atoms with van der Waals surface area (Å²) >= 11 is 0. The number of carbonyl (C=O) groups is 1. The predicted octanol–water partition coefficient (Wildman–Crippen LogP) is 1.02. The van der Waals surface area contributed by atoms with Crippen LogP contribution in [0.25, 0.3) is 0 Å². The maximum Gasteiger partial charge on any atom is 0.245 e. The number of halogens is 1. The van der Waals surface area contributed by atoms with Crippen molar-refractivity contribution in [1.29, 1.82) is 0 Å². The minimum atomic E-state index is -0.618. The van der Waals surface area contributed by atoms with Gasteiger partial charge in [-0.15, -0.1) is 5.10 Å². The van der Waals surface area contributed by atoms with E-state index in [9.17, 15) is 9.18 Å². The highest BCUT2D eigenvalue weighted by molar-refractivity contribution is 5.80. The summed E-state index contributed by atoms with van der Waals surface area (Å²) in [5.74, 6) is 0.0208. The highest BCUT2D eigenvalue weighted by Crippen LogP contribution is 2.15. The van der Waals surface area contributed by atoms with Crippen molar-refractivity contribution in [3.8, 4) is 0 Å². The lowest BCUT2D eigenvalue weighted by molar-refractivity contribution is -0.124. The molecule has 0 aliphatic rings. The fourth-order valence-corrected chi connectivity index (χ4v) is 2.40. The number of tetrazole rings is 1. The second kappa shape index (κ2) is 9.07. The lowest BCUT2D eigenvalue weighted by Gasteiger charge is -2.18. The topological polar surface area (TPSA) is 84.7 Å². The van der Waals surface area contributed by atoms with Gasteiger partial charge in [0, 0.05) is 19.5 Å². The van der Waals surface area contributed by atoms with Crippen LogP contribution in [-0.2, 0) is 11.2 Å². The van der Waals surface area contributed by atoms with Crippen LogP contribution in [0.2, 0.25) is 0 Å². The molecule has 2 aromatic rings. The summed E-state index contributed by atoms with van der Waals surface area (Å²) in [6.45, 7) is 5.94. The predicted molar refractivity (Wildman–Crippen MR) is 87.9 cm³/mol. The van der Waals surface area contributed by atoms with Gasteiger partial charge in [-0.3, -0.25) is 4.79 Å². The molecule has 0 saturated heterocycles. The molecule has 0 saturated carbocycles. The first-order valence-electron chi connectivity index (χ1n) is 8.09. The molecule has 0 bridgehead atoms. The summed E-state index contributed by atoms with van der Waals surface area (Å²) in [7, 11) is 0. The molecule has 1 unspecified atom stereocenters. The molecule has 0 radical (unpaired) electrons. The van der Waals surface area contributed by atoms with Crippen molar-refractivity contribution in [3.05, 3.63) is 41.5 Å². The zero-order valence-corrected chi connectivity index (χ0v) is 14.0. The molecule has 7 nitrogen and oxygen atoms in total. The van der Waals surface area contributed by atoms with E-state index in [-0.39, 0.29) is 11.7 Å². The quantitative estimate of drug-likeness (QED) is 0.669. The first kappa shape index (κ1) is 18.0. The molecule has 2 N–H and O–H groups in total. The van der Waals surface area contributed by atoms with Crippen molar-refractivity contribution < 1.29 is 9.18 Å². The Labute approximate surface area is 140 Å². The minimum absolute atomic E-state index is 0.187. The van der Waals surface area contributed by atoms with Gasteiger partial charge in [-0.2, -0.15) is 0 Å². The number of benzene rings is 1. The van der Waals surface area contributed by atoms with Gasteiger partial charge < -0.3 is 10.6 Å². The molecular formula is C16H23FN6O. The van der Waals surface area contributed by atoms with E-state index in [0.29, 0.717) is 30.9 Å². The van der Waals surface area contributed by atoms with Crippen molar-refractivity contribution in [2.75, 3.05) is 19.6 Å². The third-order valence-electron chi connectivity index (χ3n) is 3.60. The monoisotopic (exact) mass is 334 g/mol. The third kappa shape index (κ3) is 5.09. The van der Waals surface area contributed by atoms with E-state index < -0.39 is 6.04 Å². The zero-order valence-electron chi connectivity index (χ0n) is 14.0. The highest BCUT2D eigenvalue weighted by Gasteiger charge is 2.24. The van der Waals surface area contributed by atoms with Crippen LogP contribution in [0.15, 0.2) is 24.3 Å². The van der Waals surface area contributed by atoms with E-state index in [0.717, 1.165) is 13.0 Å². The van der Waals surface area contributed by atoms with E-state index in [4.69, 9.17) is 0 Å². The van der Waals surface area contributed by atoms with Gasteiger partial charge in [0.1, 0.15) is 17.7 Å². The smallest absolute Gasteiger partial charge is 0.245 e. The summed E-state index contributed by atoms with van der Waals surface area (Å²) < 4.78 is 14.9. The van der Waals surface area contributed by atoms with Gasteiger partial charge in [-0.1, -0.05) is 19.1 Å². The number of hydrogen-bond acceptors (Lipinski definition) is 5. The molecule has 1 heterocycles. The Morgan fingerprint density at radius 1 is 1.33 bits per heavy atom. The average molecular weight is 334 g/mol. The molecule has 0 spiro atoms. The van der Waals surface area contributed by atoms with Crippen LogP contribution in [0, 0.1) is 12.7 Å². The lowest BCUT2D eigenvalue weighted by Crippen LogP contribution is -2.38. The Hall–Kier alpha value is -2.35. The number of nitrogens with one attached hydrogen (secondary N) is 2. The van der Waals surface area contributed by atoms with Crippen LogP contribution in [0.1, 0.15) is 30.8 Å². The summed E-state index contributed by atoms with van der Waals surface area (Å²) in [6.07, 6.45) is 1.36. The van der Waals surface area contributed by atoms with Gasteiger partial charge in [0.05, 0.1) is 0 Å². The van der Waals surface area contributed by atoms with E-state index in [1.54, 1.807) is 19.1 Å². The lowest BCUT2D eigenvalue weighted by atomic mass is 10.1. The Morgan fingerprint density at radius 2 is 2.17 bits per heavy atom. The normalized spacial score (nSPS) is 12.1. The Kier molecular flexibility index (Phi) is 6.80. The van der Waals surface area contributed by atoms with Crippen LogP contribution >= 0.6 is 0 Å². The van der Waals surface area contributed by atoms with E-state index in [1.165, 1.54) is 16.8 Å². The third-order valence-corrected chi connectivity index (χ3v) is 3.60. The summed E-state index contributed by atoms with van der Waals surface area (Å²) in [6, 6.07) is 5.59. The molecule has 24 heavy (non-hydrogen) atoms. The minimum Gasteiger partial charge on any atom is -0.353 e. The molecule has 1 aromatic carbocycles. The first-order chi connectivity index (χ1) is 11.6. The number of nitrogens with zero attached hydrogens (tertiary/aromatic N) is 4. The molecule has 0 fully saturated rings. The maximum absolute atomic E-state index is 13.4. The molecule has 2 rings (SSSR count). The zero-order chi connectivity index (χ0) is 17.4. The Bertz CT molecular complexity index is 660. The Balaban J connectivity index is 2.06. The van der Waals surface area contributed by atoms with E-state index in [1.807, 2.05) is 0 Å². The average Bonchev–Trinajstić information content (AvgIpc) is 2.98. The standard InChI is InChI=1S/C16H23FN6O/c1-3-7-18-8-9-19-16(24)15(23-12(2)20-21-22-23)11-13-5-4-6-14(17)10-13/h4-6,10,15,18H,3,7-9,11H2,1-2H3,(H,19,24). The van der Waals surface area contributed by atoms with Crippen molar-refractivity contribution in [2.45, 2.75) is 32.7 Å². The van der Waals surface area contributed by atoms with Crippen LogP contribution in [0.5, 0.6) is 0 Å². The van der Waals surface area contributed by atoms with Crippen molar-refractivity contribution in [1.82, 2.24) is 30.8 Å². The number of aryl methyl sites for hydroxylation is 1. The molecule has 0 aliphatic carbocycles. The van der Waals surface area contributed by atoms with Gasteiger partial charge in [0.2, 0.25) is 5.91 Å². The molecule has 1 aromatic heterocycles. The molecular weight excluding hydrogens is 311 g/mol. The van der Waals surface area contributed by atoms with Gasteiger partial charge >= 0.3 is 0 Å². The summed E-state index contributed by atoms with van der Waals surface area (Å²) in [4.78, 5) is 12.6. The van der Waals surface area contributed by atoms with Crippen LogP contribution in [0.3, 0.4) is 0 Å². The Morgan fingerprint density at radius 3 is 2.83 bits per heavy atom. The fraction of sp³-hybridized carbons (Fsp3) is 0.500. The van der Waals surface area contributed by atoms with E-state index >= 15 is 0 Å². The highest BCUT2D eigenvalue weighted by atomic mass is 19.1. The SMILES string of the molecule is CCCNCCNC(=O)C(Cc1cccc(F)c1)n1nnnc1C. The molecule has 1 atom stereocenters. The number of hydrogen-bond donors (Lipinski definition) is 2. The van der Waals surface area contributed by atoms with Crippen molar-refractivity contribution in [2.24, 2.45) is 0 Å². The van der Waals surface area contributed by atoms with E-state index in [2.05, 4.69) is 33.1 Å². The second-order valence-electron chi connectivity index (χ2n) is 5.56. The fourth-order valence-electron chi connectivity index (χ4n) is 2.40. The number of carbonyl (C=O) groups excluding carboxylic acids is 1. The number of amides is 1. The number of aromatic nitrogens is 4. The van der Waals surface area contributed by atoms with Gasteiger partial charge in [0.15, 0.2) is 0 Å². The van der Waals surface area contributed by atoms with Gasteiger partial charge in [-0.25, -0.2) is 9.07 Å². The van der Waals surface area contributed by atoms with Gasteiger partial charge in [0.25, 0.3) is 0 Å². The molecule has 1 amide bonds. The van der Waals surface area contributed by atoms with Crippen molar-refractivity contribution >= 4 is 5.91 Å². The summed E-state index contributed by atoms with van der Waals surface area (Å²) in [5.41, 5.74) is 0.717. The second-order valence-corrected chi connectivity index (χ2v) is 5.56. The number of rotatable bonds is 9. The van der Waals surface area contributed by atoms with Crippen LogP contribution in [-0.4, -0.2) is 45.7 Å². The van der Waals surface area contributed by atoms with Crippen molar-refractivity contribution in [3.63, 3.8) is 0 Å². The summed E-state index contributed by atoms with van der Waals surface area (Å²) in [5, 5.41) is 17.4. The maximum atomic E-state index is 13.4. The van der Waals surface area contributed by atoms with Crippen LogP contribution in [0.4, 0.5) is 4.39 Å². The largest absolute Gasteiger partial charge is 0.353 e. The molecule has 8 heteroatoms. The molecule has 0 aliphatic heterocycles. The van der Waals surface area contributed by atoms with Gasteiger partial charge in [-0.05, 0) is 48.0 Å². The first-order valence-corrected chi connectivity index (χ1v) is 8.09.